The third-order valence-electron chi connectivity index (χ3n) is 2.11. The Hall–Kier alpha value is -0.910. The van der Waals surface area contributed by atoms with Crippen molar-refractivity contribution in [1.82, 2.24) is 4.98 Å². The highest BCUT2D eigenvalue weighted by Crippen LogP contribution is 2.39. The molecule has 96 valence electrons. The number of benzene rings is 1. The van der Waals surface area contributed by atoms with Crippen LogP contribution in [0.15, 0.2) is 17.5 Å². The Labute approximate surface area is 116 Å². The monoisotopic (exact) mass is 309 g/mol. The standard InChI is InChI=1S/C11H7Cl2F2NOS/c1-5-16-9(4-18-5)7-2-6(12)3-8(13)10(7)17-11(14)15/h2-4,11H,1H3. The summed E-state index contributed by atoms with van der Waals surface area (Å²) in [4.78, 5) is 4.21. The van der Waals surface area contributed by atoms with E-state index < -0.39 is 6.61 Å². The minimum absolute atomic E-state index is 0.0310. The SMILES string of the molecule is Cc1nc(-c2cc(Cl)cc(Cl)c2OC(F)F)cs1. The summed E-state index contributed by atoms with van der Waals surface area (Å²) in [6, 6.07) is 2.85. The Morgan fingerprint density at radius 3 is 2.61 bits per heavy atom. The quantitative estimate of drug-likeness (QED) is 0.793. The first-order valence-electron chi connectivity index (χ1n) is 4.83. The molecular weight excluding hydrogens is 303 g/mol. The molecule has 1 heterocycles. The van der Waals surface area contributed by atoms with Crippen molar-refractivity contribution >= 4 is 34.5 Å². The zero-order valence-electron chi connectivity index (χ0n) is 9.08. The molecule has 0 N–H and O–H groups in total. The number of alkyl halides is 2. The van der Waals surface area contributed by atoms with Gasteiger partial charge < -0.3 is 4.74 Å². The van der Waals surface area contributed by atoms with E-state index >= 15 is 0 Å². The third kappa shape index (κ3) is 2.91. The van der Waals surface area contributed by atoms with Gasteiger partial charge in [-0.1, -0.05) is 23.2 Å². The molecule has 18 heavy (non-hydrogen) atoms. The van der Waals surface area contributed by atoms with Crippen molar-refractivity contribution < 1.29 is 13.5 Å². The number of aromatic nitrogens is 1. The zero-order chi connectivity index (χ0) is 13.3. The van der Waals surface area contributed by atoms with E-state index in [0.717, 1.165) is 5.01 Å². The molecule has 0 amide bonds. The smallest absolute Gasteiger partial charge is 0.387 e. The number of ether oxygens (including phenoxy) is 1. The molecule has 0 atom stereocenters. The Balaban J connectivity index is 2.56. The molecule has 2 rings (SSSR count). The van der Waals surface area contributed by atoms with Gasteiger partial charge in [-0.15, -0.1) is 11.3 Å². The normalized spacial score (nSPS) is 11.0. The second-order valence-electron chi connectivity index (χ2n) is 3.39. The van der Waals surface area contributed by atoms with Gasteiger partial charge in [-0.25, -0.2) is 4.98 Å². The second kappa shape index (κ2) is 5.38. The molecule has 0 unspecified atom stereocenters. The Morgan fingerprint density at radius 1 is 1.33 bits per heavy atom. The maximum Gasteiger partial charge on any atom is 0.387 e. The van der Waals surface area contributed by atoms with E-state index in [1.165, 1.54) is 23.5 Å². The van der Waals surface area contributed by atoms with Gasteiger partial charge in [0.15, 0.2) is 5.75 Å². The average Bonchev–Trinajstić information content (AvgIpc) is 2.68. The van der Waals surface area contributed by atoms with Crippen molar-refractivity contribution in [3.8, 4) is 17.0 Å². The lowest BCUT2D eigenvalue weighted by Crippen LogP contribution is -2.04. The van der Waals surface area contributed by atoms with E-state index in [1.807, 2.05) is 6.92 Å². The molecule has 0 spiro atoms. The van der Waals surface area contributed by atoms with E-state index in [2.05, 4.69) is 9.72 Å². The van der Waals surface area contributed by atoms with Gasteiger partial charge in [-0.3, -0.25) is 0 Å². The van der Waals surface area contributed by atoms with Gasteiger partial charge in [0.25, 0.3) is 0 Å². The molecule has 0 saturated carbocycles. The lowest BCUT2D eigenvalue weighted by Gasteiger charge is -2.11. The van der Waals surface area contributed by atoms with Crippen LogP contribution in [0.5, 0.6) is 5.75 Å². The highest BCUT2D eigenvalue weighted by Gasteiger charge is 2.18. The van der Waals surface area contributed by atoms with E-state index in [0.29, 0.717) is 16.3 Å². The van der Waals surface area contributed by atoms with Gasteiger partial charge in [0.05, 0.1) is 15.7 Å². The fourth-order valence-corrected chi connectivity index (χ4v) is 2.60. The van der Waals surface area contributed by atoms with Crippen LogP contribution in [0.4, 0.5) is 8.78 Å². The molecular formula is C11H7Cl2F2NOS. The Kier molecular flexibility index (Phi) is 4.04. The number of thiazole rings is 1. The van der Waals surface area contributed by atoms with Crippen LogP contribution in [0.2, 0.25) is 10.0 Å². The molecule has 0 aliphatic carbocycles. The zero-order valence-corrected chi connectivity index (χ0v) is 11.4. The molecule has 0 bridgehead atoms. The number of hydrogen-bond acceptors (Lipinski definition) is 3. The lowest BCUT2D eigenvalue weighted by atomic mass is 10.1. The van der Waals surface area contributed by atoms with Crippen molar-refractivity contribution in [2.45, 2.75) is 13.5 Å². The summed E-state index contributed by atoms with van der Waals surface area (Å²) in [5, 5.41) is 2.91. The average molecular weight is 310 g/mol. The van der Waals surface area contributed by atoms with Crippen LogP contribution in [-0.2, 0) is 0 Å². The van der Waals surface area contributed by atoms with Gasteiger partial charge >= 0.3 is 6.61 Å². The van der Waals surface area contributed by atoms with E-state index in [9.17, 15) is 8.78 Å². The van der Waals surface area contributed by atoms with Crippen LogP contribution in [0.1, 0.15) is 5.01 Å². The van der Waals surface area contributed by atoms with Gasteiger partial charge in [-0.05, 0) is 19.1 Å². The summed E-state index contributed by atoms with van der Waals surface area (Å²) in [7, 11) is 0. The minimum Gasteiger partial charge on any atom is -0.433 e. The predicted octanol–water partition coefficient (Wildman–Crippen LogP) is 5.03. The summed E-state index contributed by atoms with van der Waals surface area (Å²) < 4.78 is 29.2. The predicted molar refractivity (Wildman–Crippen MR) is 68.9 cm³/mol. The van der Waals surface area contributed by atoms with E-state index in [-0.39, 0.29) is 10.8 Å². The molecule has 0 aliphatic heterocycles. The molecule has 0 radical (unpaired) electrons. The molecule has 2 nitrogen and oxygen atoms in total. The number of hydrogen-bond donors (Lipinski definition) is 0. The van der Waals surface area contributed by atoms with Crippen LogP contribution >= 0.6 is 34.5 Å². The first kappa shape index (κ1) is 13.5. The first-order valence-corrected chi connectivity index (χ1v) is 6.47. The summed E-state index contributed by atoms with van der Waals surface area (Å²) in [6.45, 7) is -1.14. The van der Waals surface area contributed by atoms with Gasteiger partial charge in [0, 0.05) is 16.0 Å². The van der Waals surface area contributed by atoms with Gasteiger partial charge in [0.2, 0.25) is 0 Å². The van der Waals surface area contributed by atoms with E-state index in [1.54, 1.807) is 5.38 Å². The van der Waals surface area contributed by atoms with Crippen LogP contribution in [0, 0.1) is 6.92 Å². The fraction of sp³-hybridized carbons (Fsp3) is 0.182. The second-order valence-corrected chi connectivity index (χ2v) is 5.30. The fourth-order valence-electron chi connectivity index (χ4n) is 1.45. The largest absolute Gasteiger partial charge is 0.433 e. The molecule has 0 saturated heterocycles. The van der Waals surface area contributed by atoms with Crippen molar-refractivity contribution in [1.29, 1.82) is 0 Å². The maximum atomic E-state index is 12.4. The van der Waals surface area contributed by atoms with Gasteiger partial charge in [0.1, 0.15) is 0 Å². The minimum atomic E-state index is -2.96. The van der Waals surface area contributed by atoms with Crippen LogP contribution in [0.25, 0.3) is 11.3 Å². The molecule has 0 fully saturated rings. The maximum absolute atomic E-state index is 12.4. The number of nitrogens with zero attached hydrogens (tertiary/aromatic N) is 1. The topological polar surface area (TPSA) is 22.1 Å². The lowest BCUT2D eigenvalue weighted by molar-refractivity contribution is -0.0494. The van der Waals surface area contributed by atoms with Crippen molar-refractivity contribution in [3.63, 3.8) is 0 Å². The van der Waals surface area contributed by atoms with Crippen LogP contribution in [0.3, 0.4) is 0 Å². The molecule has 1 aromatic heterocycles. The molecule has 1 aromatic carbocycles. The Bertz CT molecular complexity index is 574. The molecule has 7 heteroatoms. The van der Waals surface area contributed by atoms with Crippen molar-refractivity contribution in [2.75, 3.05) is 0 Å². The summed E-state index contributed by atoms with van der Waals surface area (Å²) in [5.41, 5.74) is 0.870. The first-order chi connectivity index (χ1) is 8.47. The van der Waals surface area contributed by atoms with Crippen LogP contribution < -0.4 is 4.74 Å². The number of aryl methyl sites for hydroxylation is 1. The molecule has 0 aliphatic rings. The summed E-state index contributed by atoms with van der Waals surface area (Å²) >= 11 is 13.1. The van der Waals surface area contributed by atoms with Gasteiger partial charge in [-0.2, -0.15) is 8.78 Å². The number of rotatable bonds is 3. The Morgan fingerprint density at radius 2 is 2.06 bits per heavy atom. The van der Waals surface area contributed by atoms with Crippen LogP contribution in [-0.4, -0.2) is 11.6 Å². The van der Waals surface area contributed by atoms with Crippen molar-refractivity contribution in [3.05, 3.63) is 32.6 Å². The molecule has 2 aromatic rings. The third-order valence-corrected chi connectivity index (χ3v) is 3.38. The summed E-state index contributed by atoms with van der Waals surface area (Å²) in [6.07, 6.45) is 0. The van der Waals surface area contributed by atoms with E-state index in [4.69, 9.17) is 23.2 Å². The number of halogens is 4. The highest BCUT2D eigenvalue weighted by atomic mass is 35.5. The summed E-state index contributed by atoms with van der Waals surface area (Å²) in [5.74, 6) is -0.110. The van der Waals surface area contributed by atoms with Crippen molar-refractivity contribution in [2.24, 2.45) is 0 Å². The highest BCUT2D eigenvalue weighted by molar-refractivity contribution is 7.09.